The summed E-state index contributed by atoms with van der Waals surface area (Å²) in [6.07, 6.45) is 14.5. The molecule has 0 saturated carbocycles. The molecular formula is C18H32S. The molecule has 0 aromatic carbocycles. The van der Waals surface area contributed by atoms with E-state index in [-0.39, 0.29) is 0 Å². The predicted octanol–water partition coefficient (Wildman–Crippen LogP) is 6.22. The molecule has 2 rings (SSSR count). The van der Waals surface area contributed by atoms with E-state index in [1.165, 1.54) is 75.7 Å². The summed E-state index contributed by atoms with van der Waals surface area (Å²) >= 11 is 2.18. The van der Waals surface area contributed by atoms with E-state index in [0.717, 1.165) is 11.8 Å². The first kappa shape index (κ1) is 15.5. The van der Waals surface area contributed by atoms with Crippen molar-refractivity contribution in [3.05, 3.63) is 11.1 Å². The van der Waals surface area contributed by atoms with E-state index < -0.39 is 0 Å². The maximum Gasteiger partial charge on any atom is 0.0148 e. The van der Waals surface area contributed by atoms with E-state index >= 15 is 0 Å². The fourth-order valence-electron chi connectivity index (χ4n) is 3.93. The van der Waals surface area contributed by atoms with Gasteiger partial charge in [-0.1, -0.05) is 63.5 Å². The van der Waals surface area contributed by atoms with Crippen molar-refractivity contribution in [1.82, 2.24) is 0 Å². The third-order valence-electron chi connectivity index (χ3n) is 5.10. The van der Waals surface area contributed by atoms with Gasteiger partial charge < -0.3 is 0 Å². The molecule has 0 saturated heterocycles. The van der Waals surface area contributed by atoms with E-state index in [9.17, 15) is 0 Å². The van der Waals surface area contributed by atoms with Gasteiger partial charge in [0.15, 0.2) is 0 Å². The highest BCUT2D eigenvalue weighted by molar-refractivity contribution is 7.99. The highest BCUT2D eigenvalue weighted by Crippen LogP contribution is 2.38. The van der Waals surface area contributed by atoms with Crippen LogP contribution in [-0.4, -0.2) is 11.5 Å². The Morgan fingerprint density at radius 1 is 1.00 bits per heavy atom. The highest BCUT2D eigenvalue weighted by Gasteiger charge is 2.24. The molecule has 0 spiro atoms. The number of thioether (sulfide) groups is 1. The Labute approximate surface area is 124 Å². The molecule has 0 amide bonds. The van der Waals surface area contributed by atoms with Crippen LogP contribution in [0, 0.1) is 11.8 Å². The van der Waals surface area contributed by atoms with Gasteiger partial charge in [0.1, 0.15) is 0 Å². The number of hydrogen-bond acceptors (Lipinski definition) is 1. The van der Waals surface area contributed by atoms with E-state index in [2.05, 4.69) is 25.6 Å². The monoisotopic (exact) mass is 280 g/mol. The lowest BCUT2D eigenvalue weighted by Gasteiger charge is -2.30. The lowest BCUT2D eigenvalue weighted by atomic mass is 9.81. The normalized spacial score (nSPS) is 30.6. The molecule has 2 atom stereocenters. The van der Waals surface area contributed by atoms with Crippen molar-refractivity contribution >= 4 is 11.8 Å². The zero-order valence-electron chi connectivity index (χ0n) is 13.0. The lowest BCUT2D eigenvalue weighted by molar-refractivity contribution is 0.462. The summed E-state index contributed by atoms with van der Waals surface area (Å²) in [7, 11) is 0. The van der Waals surface area contributed by atoms with Crippen LogP contribution in [0.2, 0.25) is 0 Å². The number of rotatable bonds is 2. The summed E-state index contributed by atoms with van der Waals surface area (Å²) in [4.78, 5) is 0. The molecule has 1 aliphatic heterocycles. The van der Waals surface area contributed by atoms with Gasteiger partial charge in [-0.05, 0) is 43.3 Å². The van der Waals surface area contributed by atoms with Gasteiger partial charge >= 0.3 is 0 Å². The van der Waals surface area contributed by atoms with Crippen LogP contribution >= 0.6 is 11.8 Å². The first-order chi connectivity index (χ1) is 9.33. The van der Waals surface area contributed by atoms with E-state index in [1.54, 1.807) is 0 Å². The second-order valence-electron chi connectivity index (χ2n) is 6.58. The maximum absolute atomic E-state index is 2.50. The second-order valence-corrected chi connectivity index (χ2v) is 7.69. The van der Waals surface area contributed by atoms with E-state index in [1.807, 2.05) is 11.1 Å². The highest BCUT2D eigenvalue weighted by atomic mass is 32.2. The summed E-state index contributed by atoms with van der Waals surface area (Å²) in [6, 6.07) is 0. The minimum atomic E-state index is 0.861. The average Bonchev–Trinajstić information content (AvgIpc) is 2.47. The third kappa shape index (κ3) is 4.55. The first-order valence-corrected chi connectivity index (χ1v) is 9.78. The Hall–Kier alpha value is 0.0900. The Morgan fingerprint density at radius 2 is 1.74 bits per heavy atom. The predicted molar refractivity (Wildman–Crippen MR) is 88.8 cm³/mol. The molecule has 0 nitrogen and oxygen atoms in total. The van der Waals surface area contributed by atoms with Gasteiger partial charge in [0.05, 0.1) is 0 Å². The summed E-state index contributed by atoms with van der Waals surface area (Å²) < 4.78 is 0. The van der Waals surface area contributed by atoms with Crippen LogP contribution in [-0.2, 0) is 0 Å². The second kappa shape index (κ2) is 8.39. The van der Waals surface area contributed by atoms with Crippen LogP contribution in [0.4, 0.5) is 0 Å². The minimum absolute atomic E-state index is 0.861. The van der Waals surface area contributed by atoms with Gasteiger partial charge in [-0.25, -0.2) is 0 Å². The molecule has 1 aliphatic carbocycles. The zero-order chi connectivity index (χ0) is 13.5. The third-order valence-corrected chi connectivity index (χ3v) is 6.11. The van der Waals surface area contributed by atoms with Crippen LogP contribution in [0.3, 0.4) is 0 Å². The molecule has 110 valence electrons. The standard InChI is InChI=1S/C18H32S/c1-3-9-16-11-8-6-4-5-7-10-15(2)18-14-19-13-12-17(16)18/h15-16H,3-14H2,1-2H3. The SMILES string of the molecule is CCCC1CCCCCCCC(C)C2=C1CCSC2. The van der Waals surface area contributed by atoms with Crippen molar-refractivity contribution in [2.24, 2.45) is 11.8 Å². The maximum atomic E-state index is 2.50. The van der Waals surface area contributed by atoms with E-state index in [4.69, 9.17) is 0 Å². The van der Waals surface area contributed by atoms with Crippen molar-refractivity contribution in [3.8, 4) is 0 Å². The molecule has 2 aliphatic rings. The average molecular weight is 281 g/mol. The Bertz CT molecular complexity index is 292. The molecule has 1 heterocycles. The van der Waals surface area contributed by atoms with Crippen molar-refractivity contribution in [3.63, 3.8) is 0 Å². The molecule has 0 bridgehead atoms. The van der Waals surface area contributed by atoms with Gasteiger partial charge in [-0.15, -0.1) is 0 Å². The van der Waals surface area contributed by atoms with Crippen molar-refractivity contribution < 1.29 is 0 Å². The van der Waals surface area contributed by atoms with Gasteiger partial charge in [-0.2, -0.15) is 11.8 Å². The van der Waals surface area contributed by atoms with Crippen LogP contribution in [0.1, 0.15) is 78.1 Å². The van der Waals surface area contributed by atoms with Crippen molar-refractivity contribution in [2.45, 2.75) is 78.1 Å². The van der Waals surface area contributed by atoms with Crippen LogP contribution in [0.15, 0.2) is 11.1 Å². The fraction of sp³-hybridized carbons (Fsp3) is 0.889. The Kier molecular flexibility index (Phi) is 6.84. The van der Waals surface area contributed by atoms with Gasteiger partial charge in [0.25, 0.3) is 0 Å². The first-order valence-electron chi connectivity index (χ1n) is 8.62. The molecule has 0 radical (unpaired) electrons. The number of hydrogen-bond donors (Lipinski definition) is 0. The van der Waals surface area contributed by atoms with Crippen LogP contribution in [0.25, 0.3) is 0 Å². The number of allylic oxidation sites excluding steroid dienone is 1. The Balaban J connectivity index is 2.18. The van der Waals surface area contributed by atoms with Gasteiger partial charge in [-0.3, -0.25) is 0 Å². The molecular weight excluding hydrogens is 248 g/mol. The van der Waals surface area contributed by atoms with E-state index in [0.29, 0.717) is 0 Å². The molecule has 2 unspecified atom stereocenters. The minimum Gasteiger partial charge on any atom is -0.157 e. The molecule has 0 N–H and O–H groups in total. The summed E-state index contributed by atoms with van der Waals surface area (Å²) in [6.45, 7) is 4.87. The molecule has 0 fully saturated rings. The summed E-state index contributed by atoms with van der Waals surface area (Å²) in [5.74, 6) is 4.52. The molecule has 19 heavy (non-hydrogen) atoms. The van der Waals surface area contributed by atoms with Gasteiger partial charge in [0.2, 0.25) is 0 Å². The fourth-order valence-corrected chi connectivity index (χ4v) is 5.13. The topological polar surface area (TPSA) is 0 Å². The zero-order valence-corrected chi connectivity index (χ0v) is 13.9. The van der Waals surface area contributed by atoms with Crippen molar-refractivity contribution in [1.29, 1.82) is 0 Å². The molecule has 1 heteroatoms. The smallest absolute Gasteiger partial charge is 0.0148 e. The van der Waals surface area contributed by atoms with Crippen molar-refractivity contribution in [2.75, 3.05) is 11.5 Å². The summed E-state index contributed by atoms with van der Waals surface area (Å²) in [5.41, 5.74) is 3.78. The van der Waals surface area contributed by atoms with Crippen LogP contribution < -0.4 is 0 Å². The molecule has 0 aromatic rings. The van der Waals surface area contributed by atoms with Gasteiger partial charge in [0, 0.05) is 5.75 Å². The lowest BCUT2D eigenvalue weighted by Crippen LogP contribution is -2.17. The summed E-state index contributed by atoms with van der Waals surface area (Å²) in [5, 5.41) is 0. The molecule has 0 aromatic heterocycles. The van der Waals surface area contributed by atoms with Crippen LogP contribution in [0.5, 0.6) is 0 Å². The largest absolute Gasteiger partial charge is 0.157 e. The Morgan fingerprint density at radius 3 is 2.53 bits per heavy atom. The quantitative estimate of drug-likeness (QED) is 0.541.